The summed E-state index contributed by atoms with van der Waals surface area (Å²) in [6, 6.07) is 5.47. The molecule has 1 aliphatic rings. The van der Waals surface area contributed by atoms with Gasteiger partial charge >= 0.3 is 0 Å². The van der Waals surface area contributed by atoms with Crippen molar-refractivity contribution >= 4 is 23.2 Å². The fourth-order valence-electron chi connectivity index (χ4n) is 2.86. The van der Waals surface area contributed by atoms with Crippen LogP contribution in [0.15, 0.2) is 18.2 Å². The predicted molar refractivity (Wildman–Crippen MR) is 77.2 cm³/mol. The smallest absolute Gasteiger partial charge is 0.0897 e. The first-order valence-electron chi connectivity index (χ1n) is 6.60. The summed E-state index contributed by atoms with van der Waals surface area (Å²) in [4.78, 5) is 0. The lowest BCUT2D eigenvalue weighted by molar-refractivity contribution is -0.0199. The van der Waals surface area contributed by atoms with Gasteiger partial charge in [0.15, 0.2) is 0 Å². The molecule has 0 atom stereocenters. The van der Waals surface area contributed by atoms with Gasteiger partial charge in [-0.25, -0.2) is 0 Å². The Labute approximate surface area is 119 Å². The molecule has 0 aromatic heterocycles. The lowest BCUT2D eigenvalue weighted by Gasteiger charge is -2.38. The van der Waals surface area contributed by atoms with Crippen molar-refractivity contribution in [2.24, 2.45) is 11.8 Å². The fraction of sp³-hybridized carbons (Fsp3) is 0.600. The minimum atomic E-state index is -0.723. The number of benzene rings is 1. The van der Waals surface area contributed by atoms with Gasteiger partial charge in [-0.2, -0.15) is 0 Å². The first-order valence-corrected chi connectivity index (χ1v) is 7.36. The van der Waals surface area contributed by atoms with Gasteiger partial charge in [-0.1, -0.05) is 43.1 Å². The van der Waals surface area contributed by atoms with Crippen LogP contribution in [0.5, 0.6) is 0 Å². The zero-order chi connectivity index (χ0) is 13.3. The summed E-state index contributed by atoms with van der Waals surface area (Å²) < 4.78 is 0. The molecule has 1 aromatic rings. The third-order valence-electron chi connectivity index (χ3n) is 4.26. The molecule has 0 amide bonds. The predicted octanol–water partition coefficient (Wildman–Crippen LogP) is 5.03. The molecule has 3 heteroatoms. The number of rotatable bonds is 2. The fourth-order valence-corrected chi connectivity index (χ4v) is 3.16. The molecule has 0 aliphatic heterocycles. The highest BCUT2D eigenvalue weighted by atomic mass is 35.5. The molecular formula is C15H20Cl2O. The molecule has 1 aromatic carbocycles. The maximum absolute atomic E-state index is 10.8. The number of aliphatic hydroxyl groups is 1. The van der Waals surface area contributed by atoms with E-state index < -0.39 is 5.60 Å². The molecule has 0 saturated heterocycles. The molecule has 0 bridgehead atoms. The van der Waals surface area contributed by atoms with Gasteiger partial charge in [-0.05, 0) is 55.2 Å². The zero-order valence-corrected chi connectivity index (χ0v) is 12.4. The van der Waals surface area contributed by atoms with Crippen molar-refractivity contribution in [3.8, 4) is 0 Å². The second kappa shape index (κ2) is 5.40. The topological polar surface area (TPSA) is 20.2 Å². The van der Waals surface area contributed by atoms with Crippen LogP contribution in [0.4, 0.5) is 0 Å². The van der Waals surface area contributed by atoms with E-state index >= 15 is 0 Å². The summed E-state index contributed by atoms with van der Waals surface area (Å²) in [5.74, 6) is 1.43. The van der Waals surface area contributed by atoms with Gasteiger partial charge in [-0.15, -0.1) is 0 Å². The van der Waals surface area contributed by atoms with E-state index in [1.807, 2.05) is 6.07 Å². The number of hydrogen-bond donors (Lipinski definition) is 1. The summed E-state index contributed by atoms with van der Waals surface area (Å²) >= 11 is 11.9. The van der Waals surface area contributed by atoms with Crippen LogP contribution in [-0.4, -0.2) is 5.11 Å². The van der Waals surface area contributed by atoms with E-state index in [9.17, 15) is 5.11 Å². The molecule has 2 rings (SSSR count). The Hall–Kier alpha value is -0.240. The van der Waals surface area contributed by atoms with Crippen LogP contribution in [0.2, 0.25) is 10.0 Å². The molecule has 0 spiro atoms. The number of halogens is 2. The molecule has 100 valence electrons. The van der Waals surface area contributed by atoms with Crippen molar-refractivity contribution in [1.29, 1.82) is 0 Å². The molecular weight excluding hydrogens is 267 g/mol. The maximum Gasteiger partial charge on any atom is 0.0897 e. The first kappa shape index (κ1) is 14.2. The Kier molecular flexibility index (Phi) is 4.25. The molecule has 1 N–H and O–H groups in total. The van der Waals surface area contributed by atoms with Crippen molar-refractivity contribution in [3.63, 3.8) is 0 Å². The monoisotopic (exact) mass is 286 g/mol. The van der Waals surface area contributed by atoms with Crippen LogP contribution < -0.4 is 0 Å². The van der Waals surface area contributed by atoms with Crippen LogP contribution in [-0.2, 0) is 5.60 Å². The second-order valence-electron chi connectivity index (χ2n) is 5.74. The maximum atomic E-state index is 10.8. The van der Waals surface area contributed by atoms with Crippen molar-refractivity contribution in [2.45, 2.75) is 45.1 Å². The molecule has 1 saturated carbocycles. The van der Waals surface area contributed by atoms with E-state index in [4.69, 9.17) is 23.2 Å². The Morgan fingerprint density at radius 2 is 1.78 bits per heavy atom. The minimum absolute atomic E-state index is 0.522. The number of hydrogen-bond acceptors (Lipinski definition) is 1. The second-order valence-corrected chi connectivity index (χ2v) is 6.56. The van der Waals surface area contributed by atoms with E-state index in [-0.39, 0.29) is 0 Å². The average molecular weight is 287 g/mol. The largest absolute Gasteiger partial charge is 0.385 e. The Bertz CT molecular complexity index is 421. The highest BCUT2D eigenvalue weighted by Crippen LogP contribution is 2.42. The third-order valence-corrected chi connectivity index (χ3v) is 5.00. The third kappa shape index (κ3) is 2.84. The zero-order valence-electron chi connectivity index (χ0n) is 10.9. The van der Waals surface area contributed by atoms with Crippen LogP contribution in [0.3, 0.4) is 0 Å². The van der Waals surface area contributed by atoms with E-state index in [1.54, 1.807) is 12.1 Å². The lowest BCUT2D eigenvalue weighted by atomic mass is 9.72. The molecule has 1 nitrogen and oxygen atoms in total. The SMILES string of the molecule is CC(C)C1CCC(O)(c2ccc(Cl)c(Cl)c2)CC1. The molecule has 1 aliphatic carbocycles. The first-order chi connectivity index (χ1) is 8.42. The van der Waals surface area contributed by atoms with Crippen molar-refractivity contribution in [1.82, 2.24) is 0 Å². The molecule has 18 heavy (non-hydrogen) atoms. The highest BCUT2D eigenvalue weighted by molar-refractivity contribution is 6.42. The standard InChI is InChI=1S/C15H20Cl2O/c1-10(2)11-5-7-15(18,8-6-11)12-3-4-13(16)14(17)9-12/h3-4,9-11,18H,5-8H2,1-2H3. The Morgan fingerprint density at radius 1 is 1.17 bits per heavy atom. The van der Waals surface area contributed by atoms with E-state index in [2.05, 4.69) is 13.8 Å². The van der Waals surface area contributed by atoms with Crippen LogP contribution >= 0.6 is 23.2 Å². The lowest BCUT2D eigenvalue weighted by Crippen LogP contribution is -2.32. The van der Waals surface area contributed by atoms with Gasteiger partial charge in [0, 0.05) is 0 Å². The normalized spacial score (nSPS) is 28.7. The Morgan fingerprint density at radius 3 is 2.28 bits per heavy atom. The summed E-state index contributed by atoms with van der Waals surface area (Å²) in [5.41, 5.74) is 0.179. The minimum Gasteiger partial charge on any atom is -0.385 e. The molecule has 1 fully saturated rings. The van der Waals surface area contributed by atoms with Crippen LogP contribution in [0, 0.1) is 11.8 Å². The van der Waals surface area contributed by atoms with Crippen LogP contribution in [0.25, 0.3) is 0 Å². The summed E-state index contributed by atoms with van der Waals surface area (Å²) in [6.07, 6.45) is 3.78. The summed E-state index contributed by atoms with van der Waals surface area (Å²) in [6.45, 7) is 4.52. The van der Waals surface area contributed by atoms with Crippen molar-refractivity contribution < 1.29 is 5.11 Å². The highest BCUT2D eigenvalue weighted by Gasteiger charge is 2.35. The van der Waals surface area contributed by atoms with Gasteiger partial charge in [0.1, 0.15) is 0 Å². The molecule has 0 radical (unpaired) electrons. The van der Waals surface area contributed by atoms with E-state index in [0.717, 1.165) is 37.2 Å². The van der Waals surface area contributed by atoms with Gasteiger partial charge in [0.25, 0.3) is 0 Å². The van der Waals surface area contributed by atoms with Gasteiger partial charge in [0.05, 0.1) is 15.6 Å². The van der Waals surface area contributed by atoms with E-state index in [0.29, 0.717) is 16.0 Å². The van der Waals surface area contributed by atoms with Crippen molar-refractivity contribution in [2.75, 3.05) is 0 Å². The molecule has 0 unspecified atom stereocenters. The van der Waals surface area contributed by atoms with Gasteiger partial charge < -0.3 is 5.11 Å². The average Bonchev–Trinajstić information content (AvgIpc) is 2.33. The van der Waals surface area contributed by atoms with E-state index in [1.165, 1.54) is 0 Å². The van der Waals surface area contributed by atoms with Crippen LogP contribution in [0.1, 0.15) is 45.1 Å². The summed E-state index contributed by atoms with van der Waals surface area (Å²) in [7, 11) is 0. The molecule has 0 heterocycles. The summed E-state index contributed by atoms with van der Waals surface area (Å²) in [5, 5.41) is 11.8. The van der Waals surface area contributed by atoms with Gasteiger partial charge in [-0.3, -0.25) is 0 Å². The van der Waals surface area contributed by atoms with Gasteiger partial charge in [0.2, 0.25) is 0 Å². The van der Waals surface area contributed by atoms with Crippen molar-refractivity contribution in [3.05, 3.63) is 33.8 Å². The quantitative estimate of drug-likeness (QED) is 0.809. The Balaban J connectivity index is 2.15.